The summed E-state index contributed by atoms with van der Waals surface area (Å²) in [6, 6.07) is 17.8. The van der Waals surface area contributed by atoms with Gasteiger partial charge in [-0.2, -0.15) is 0 Å². The molecule has 1 heterocycles. The second-order valence-corrected chi connectivity index (χ2v) is 6.23. The summed E-state index contributed by atoms with van der Waals surface area (Å²) >= 11 is 1.51. The van der Waals surface area contributed by atoms with E-state index in [0.717, 1.165) is 16.9 Å². The smallest absolute Gasteiger partial charge is 0.257 e. The number of rotatable bonds is 4. The molecule has 2 aromatic carbocycles. The predicted octanol–water partition coefficient (Wildman–Crippen LogP) is 4.29. The Morgan fingerprint density at radius 3 is 2.73 bits per heavy atom. The van der Waals surface area contributed by atoms with Gasteiger partial charge in [-0.25, -0.2) is 4.98 Å². The van der Waals surface area contributed by atoms with E-state index in [1.54, 1.807) is 6.07 Å². The number of nitrogens with one attached hydrogen (secondary N) is 1. The second kappa shape index (κ2) is 6.54. The Balaban J connectivity index is 1.68. The number of anilines is 1. The zero-order valence-corrected chi connectivity index (χ0v) is 13.1. The molecule has 110 valence electrons. The Morgan fingerprint density at radius 1 is 1.14 bits per heavy atom. The molecule has 4 heteroatoms. The highest BCUT2D eigenvalue weighted by Crippen LogP contribution is 2.21. The minimum Gasteiger partial charge on any atom is -0.298 e. The van der Waals surface area contributed by atoms with Crippen LogP contribution in [0.15, 0.2) is 60.8 Å². The molecular formula is C18H16N2OS. The summed E-state index contributed by atoms with van der Waals surface area (Å²) < 4.78 is 0. The predicted molar refractivity (Wildman–Crippen MR) is 90.5 cm³/mol. The van der Waals surface area contributed by atoms with Crippen LogP contribution in [0.4, 0.5) is 5.13 Å². The van der Waals surface area contributed by atoms with Gasteiger partial charge in [0.25, 0.3) is 5.91 Å². The summed E-state index contributed by atoms with van der Waals surface area (Å²) in [5.74, 6) is -0.121. The third-order valence-corrected chi connectivity index (χ3v) is 4.19. The van der Waals surface area contributed by atoms with Crippen molar-refractivity contribution >= 4 is 22.4 Å². The fourth-order valence-corrected chi connectivity index (χ4v) is 3.04. The van der Waals surface area contributed by atoms with Gasteiger partial charge in [0.2, 0.25) is 0 Å². The lowest BCUT2D eigenvalue weighted by atomic mass is 10.1. The van der Waals surface area contributed by atoms with Crippen LogP contribution in [0.25, 0.3) is 0 Å². The first-order valence-corrected chi connectivity index (χ1v) is 7.89. The van der Waals surface area contributed by atoms with Crippen LogP contribution in [0.3, 0.4) is 0 Å². The molecule has 1 aromatic heterocycles. The third-order valence-electron chi connectivity index (χ3n) is 3.28. The maximum absolute atomic E-state index is 12.2. The third kappa shape index (κ3) is 3.59. The quantitative estimate of drug-likeness (QED) is 0.781. The molecule has 0 radical (unpaired) electrons. The van der Waals surface area contributed by atoms with E-state index in [4.69, 9.17) is 0 Å². The molecule has 1 N–H and O–H groups in total. The van der Waals surface area contributed by atoms with E-state index in [1.807, 2.05) is 49.5 Å². The summed E-state index contributed by atoms with van der Waals surface area (Å²) in [5, 5.41) is 3.50. The lowest BCUT2D eigenvalue weighted by molar-refractivity contribution is 0.102. The highest BCUT2D eigenvalue weighted by molar-refractivity contribution is 7.15. The zero-order valence-electron chi connectivity index (χ0n) is 12.2. The summed E-state index contributed by atoms with van der Waals surface area (Å²) in [4.78, 5) is 17.6. The van der Waals surface area contributed by atoms with E-state index in [0.29, 0.717) is 10.7 Å². The van der Waals surface area contributed by atoms with Crippen LogP contribution < -0.4 is 5.32 Å². The van der Waals surface area contributed by atoms with Gasteiger partial charge in [0.1, 0.15) is 0 Å². The molecule has 0 fully saturated rings. The number of aromatic nitrogens is 1. The highest BCUT2D eigenvalue weighted by atomic mass is 32.1. The van der Waals surface area contributed by atoms with Crippen LogP contribution in [0.2, 0.25) is 0 Å². The molecule has 1 amide bonds. The lowest BCUT2D eigenvalue weighted by Crippen LogP contribution is -2.11. The summed E-state index contributed by atoms with van der Waals surface area (Å²) in [6.45, 7) is 1.97. The molecule has 22 heavy (non-hydrogen) atoms. The van der Waals surface area contributed by atoms with E-state index in [1.165, 1.54) is 16.9 Å². The topological polar surface area (TPSA) is 42.0 Å². The van der Waals surface area contributed by atoms with Gasteiger partial charge in [0.05, 0.1) is 0 Å². The molecule has 3 aromatic rings. The maximum Gasteiger partial charge on any atom is 0.257 e. The fourth-order valence-electron chi connectivity index (χ4n) is 2.20. The van der Waals surface area contributed by atoms with Crippen molar-refractivity contribution in [3.63, 3.8) is 0 Å². The van der Waals surface area contributed by atoms with Crippen molar-refractivity contribution in [1.29, 1.82) is 0 Å². The number of hydrogen-bond donors (Lipinski definition) is 1. The van der Waals surface area contributed by atoms with Crippen LogP contribution in [0.1, 0.15) is 26.4 Å². The van der Waals surface area contributed by atoms with Gasteiger partial charge in [0.15, 0.2) is 5.13 Å². The number of nitrogens with zero attached hydrogens (tertiary/aromatic N) is 1. The van der Waals surface area contributed by atoms with Gasteiger partial charge < -0.3 is 0 Å². The molecule has 3 nitrogen and oxygen atoms in total. The van der Waals surface area contributed by atoms with E-state index in [9.17, 15) is 4.79 Å². The van der Waals surface area contributed by atoms with Crippen LogP contribution in [-0.2, 0) is 6.42 Å². The Hall–Kier alpha value is -2.46. The minimum absolute atomic E-state index is 0.121. The van der Waals surface area contributed by atoms with Crippen molar-refractivity contribution in [2.45, 2.75) is 13.3 Å². The van der Waals surface area contributed by atoms with E-state index in [2.05, 4.69) is 22.4 Å². The van der Waals surface area contributed by atoms with Gasteiger partial charge in [-0.05, 0) is 24.6 Å². The molecule has 0 bridgehead atoms. The normalized spacial score (nSPS) is 10.4. The van der Waals surface area contributed by atoms with E-state index < -0.39 is 0 Å². The molecular weight excluding hydrogens is 292 g/mol. The molecule has 0 atom stereocenters. The van der Waals surface area contributed by atoms with Crippen LogP contribution in [0, 0.1) is 6.92 Å². The first-order valence-electron chi connectivity index (χ1n) is 7.07. The monoisotopic (exact) mass is 308 g/mol. The van der Waals surface area contributed by atoms with Crippen molar-refractivity contribution in [2.75, 3.05) is 5.32 Å². The number of benzene rings is 2. The SMILES string of the molecule is Cc1cccc(C(=O)Nc2ncc(Cc3ccccc3)s2)c1. The molecule has 0 aliphatic rings. The number of amides is 1. The van der Waals surface area contributed by atoms with Crippen molar-refractivity contribution in [3.05, 3.63) is 82.4 Å². The molecule has 0 saturated carbocycles. The average molecular weight is 308 g/mol. The summed E-state index contributed by atoms with van der Waals surface area (Å²) in [6.07, 6.45) is 2.66. The largest absolute Gasteiger partial charge is 0.298 e. The Kier molecular flexibility index (Phi) is 4.30. The van der Waals surface area contributed by atoms with Gasteiger partial charge in [0, 0.05) is 23.1 Å². The van der Waals surface area contributed by atoms with Crippen molar-refractivity contribution in [2.24, 2.45) is 0 Å². The van der Waals surface area contributed by atoms with Gasteiger partial charge in [-0.3, -0.25) is 10.1 Å². The van der Waals surface area contributed by atoms with Crippen LogP contribution >= 0.6 is 11.3 Å². The van der Waals surface area contributed by atoms with E-state index in [-0.39, 0.29) is 5.91 Å². The summed E-state index contributed by atoms with van der Waals surface area (Å²) in [7, 11) is 0. The van der Waals surface area contributed by atoms with Crippen molar-refractivity contribution < 1.29 is 4.79 Å². The molecule has 0 aliphatic heterocycles. The summed E-state index contributed by atoms with van der Waals surface area (Å²) in [5.41, 5.74) is 2.96. The Morgan fingerprint density at radius 2 is 1.95 bits per heavy atom. The molecule has 0 spiro atoms. The molecule has 3 rings (SSSR count). The average Bonchev–Trinajstić information content (AvgIpc) is 2.95. The van der Waals surface area contributed by atoms with Gasteiger partial charge in [-0.15, -0.1) is 11.3 Å². The Labute approximate surface area is 133 Å². The van der Waals surface area contributed by atoms with Crippen molar-refractivity contribution in [1.82, 2.24) is 4.98 Å². The number of carbonyl (C=O) groups excluding carboxylic acids is 1. The van der Waals surface area contributed by atoms with Gasteiger partial charge in [-0.1, -0.05) is 48.0 Å². The van der Waals surface area contributed by atoms with Crippen LogP contribution in [-0.4, -0.2) is 10.9 Å². The maximum atomic E-state index is 12.2. The fraction of sp³-hybridized carbons (Fsp3) is 0.111. The number of hydrogen-bond acceptors (Lipinski definition) is 3. The van der Waals surface area contributed by atoms with Gasteiger partial charge >= 0.3 is 0 Å². The highest BCUT2D eigenvalue weighted by Gasteiger charge is 2.09. The lowest BCUT2D eigenvalue weighted by Gasteiger charge is -2.02. The molecule has 0 saturated heterocycles. The Bertz CT molecular complexity index is 781. The zero-order chi connectivity index (χ0) is 15.4. The minimum atomic E-state index is -0.121. The van der Waals surface area contributed by atoms with Crippen LogP contribution in [0.5, 0.6) is 0 Å². The van der Waals surface area contributed by atoms with E-state index >= 15 is 0 Å². The number of carbonyl (C=O) groups is 1. The first-order chi connectivity index (χ1) is 10.7. The second-order valence-electron chi connectivity index (χ2n) is 5.12. The number of aryl methyl sites for hydroxylation is 1. The standard InChI is InChI=1S/C18H16N2OS/c1-13-6-5-9-15(10-13)17(21)20-18-19-12-16(22-18)11-14-7-3-2-4-8-14/h2-10,12H,11H2,1H3,(H,19,20,21). The first kappa shape index (κ1) is 14.5. The number of thiazole rings is 1. The molecule has 0 aliphatic carbocycles. The molecule has 0 unspecified atom stereocenters. The van der Waals surface area contributed by atoms with Crippen molar-refractivity contribution in [3.8, 4) is 0 Å².